The van der Waals surface area contributed by atoms with Crippen molar-refractivity contribution in [2.45, 2.75) is 102 Å². The van der Waals surface area contributed by atoms with Crippen molar-refractivity contribution in [1.29, 1.82) is 0 Å². The lowest BCUT2D eigenvalue weighted by atomic mass is 9.83. The maximum absolute atomic E-state index is 14.1. The summed E-state index contributed by atoms with van der Waals surface area (Å²) in [5.74, 6) is -0.331. The van der Waals surface area contributed by atoms with Crippen LogP contribution >= 0.6 is 0 Å². The van der Waals surface area contributed by atoms with Gasteiger partial charge in [0.1, 0.15) is 34.8 Å². The molecule has 12 N–H and O–H groups in total. The minimum Gasteiger partial charge on any atom is -0.497 e. The lowest BCUT2D eigenvalue weighted by Gasteiger charge is -2.31. The number of hydrogen-bond donors (Lipinski definition) is 8. The highest BCUT2D eigenvalue weighted by Gasteiger charge is 2.49. The Kier molecular flexibility index (Phi) is 19.4. The second kappa shape index (κ2) is 24.6. The van der Waals surface area contributed by atoms with Crippen LogP contribution in [0, 0.1) is 10.8 Å². The van der Waals surface area contributed by atoms with E-state index in [0.29, 0.717) is 90.1 Å². The van der Waals surface area contributed by atoms with Gasteiger partial charge in [0.15, 0.2) is 11.9 Å². The Hall–Kier alpha value is -5.56. The smallest absolute Gasteiger partial charge is 0.491 e. The molecule has 2 fully saturated rings. The highest BCUT2D eigenvalue weighted by atomic mass is 16.6. The molecule has 0 spiro atoms. The van der Waals surface area contributed by atoms with Crippen molar-refractivity contribution in [1.82, 2.24) is 21.3 Å². The number of carbonyl (C=O) groups is 4. The molecule has 0 saturated heterocycles. The summed E-state index contributed by atoms with van der Waals surface area (Å²) in [5.41, 5.74) is 21.5. The fraction of sp³-hybridized carbons (Fsp3) is 0.571. The lowest BCUT2D eigenvalue weighted by molar-refractivity contribution is -0.146. The van der Waals surface area contributed by atoms with E-state index in [-0.39, 0.29) is 49.7 Å². The summed E-state index contributed by atoms with van der Waals surface area (Å²) in [6.45, 7) is 1.21. The van der Waals surface area contributed by atoms with Crippen LogP contribution in [-0.2, 0) is 41.3 Å². The van der Waals surface area contributed by atoms with Crippen LogP contribution in [0.1, 0.15) is 88.2 Å². The number of methoxy groups -OCH3 is 2. The fourth-order valence-electron chi connectivity index (χ4n) is 7.76. The predicted molar refractivity (Wildman–Crippen MR) is 233 cm³/mol. The molecule has 4 rings (SSSR count). The van der Waals surface area contributed by atoms with Crippen LogP contribution < -0.4 is 53.7 Å². The molecule has 2 aromatic rings. The second-order valence-electron chi connectivity index (χ2n) is 15.5. The van der Waals surface area contributed by atoms with E-state index in [2.05, 4.69) is 31.3 Å². The summed E-state index contributed by atoms with van der Waals surface area (Å²) in [5, 5.41) is 11.8. The van der Waals surface area contributed by atoms with Gasteiger partial charge in [-0.3, -0.25) is 29.2 Å². The van der Waals surface area contributed by atoms with Gasteiger partial charge >= 0.3 is 7.69 Å². The largest absolute Gasteiger partial charge is 0.497 e. The van der Waals surface area contributed by atoms with Crippen LogP contribution in [0.3, 0.4) is 0 Å². The first-order chi connectivity index (χ1) is 29.4. The molecule has 19 heteroatoms. The van der Waals surface area contributed by atoms with Crippen molar-refractivity contribution in [3.05, 3.63) is 59.7 Å². The van der Waals surface area contributed by atoms with Crippen molar-refractivity contribution in [3.63, 3.8) is 0 Å². The molecular formula is C42H64BN10O8. The molecule has 18 nitrogen and oxygen atoms in total. The Labute approximate surface area is 359 Å². The number of nitrogens with one attached hydrogen (secondary N) is 4. The van der Waals surface area contributed by atoms with Crippen molar-refractivity contribution in [2.75, 3.05) is 40.4 Å². The van der Waals surface area contributed by atoms with Crippen LogP contribution in [-0.4, -0.2) is 96.1 Å². The predicted octanol–water partition coefficient (Wildman–Crippen LogP) is 1.40. The maximum Gasteiger partial charge on any atom is 0.491 e. The molecule has 0 aromatic heterocycles. The number of amides is 4. The third kappa shape index (κ3) is 14.8. The molecule has 2 aromatic carbocycles. The number of hydrogen-bond acceptors (Lipinski definition) is 10. The van der Waals surface area contributed by atoms with Crippen LogP contribution in [0.5, 0.6) is 11.5 Å². The first-order valence-electron chi connectivity index (χ1n) is 21.1. The molecule has 4 amide bonds. The third-order valence-electron chi connectivity index (χ3n) is 11.2. The number of aliphatic imine (C=N–C) groups is 2. The monoisotopic (exact) mass is 848 g/mol. The number of benzene rings is 2. The standard InChI is InChI=1S/C42H64BN10O8/c1-58-31-13-7-11-29(27-31)17-25-48-35(54)41(19-3-4-20-41)37(56)52-33(15-9-23-50-39(44)45)60-43-61-34(16-10-24-51-40(46)47)53-38(57)42(21-5-6-22-42)36(55)49-26-18-30-12-8-14-32(28-30)59-2/h7-8,11-14,27-28,33-34H,3-6,9-10,15-26H2,1-2H3,(H,48,54)(H,49,55)(H,52,56)(H,53,57)(H4,44,45,50)(H4,46,47,51). The fourth-order valence-corrected chi connectivity index (χ4v) is 7.76. The van der Waals surface area contributed by atoms with Gasteiger partial charge in [-0.25, -0.2) is 0 Å². The normalized spacial score (nSPS) is 16.0. The van der Waals surface area contributed by atoms with E-state index in [9.17, 15) is 19.2 Å². The number of ether oxygens (including phenoxy) is 2. The highest BCUT2D eigenvalue weighted by Crippen LogP contribution is 2.40. The topological polar surface area (TPSA) is 282 Å². The average molecular weight is 848 g/mol. The molecular weight excluding hydrogens is 783 g/mol. The van der Waals surface area contributed by atoms with E-state index < -0.39 is 35.1 Å². The van der Waals surface area contributed by atoms with Crippen LogP contribution in [0.4, 0.5) is 0 Å². The molecule has 0 bridgehead atoms. The van der Waals surface area contributed by atoms with E-state index in [1.165, 1.54) is 0 Å². The molecule has 2 atom stereocenters. The van der Waals surface area contributed by atoms with Crippen molar-refractivity contribution < 1.29 is 38.0 Å². The Bertz CT molecular complexity index is 1670. The molecule has 333 valence electrons. The summed E-state index contributed by atoms with van der Waals surface area (Å²) in [7, 11) is 4.25. The molecule has 2 saturated carbocycles. The Morgan fingerprint density at radius 3 is 1.39 bits per heavy atom. The van der Waals surface area contributed by atoms with E-state index >= 15 is 0 Å². The summed E-state index contributed by atoms with van der Waals surface area (Å²) in [6, 6.07) is 15.2. The second-order valence-corrected chi connectivity index (χ2v) is 15.5. The number of nitrogens with zero attached hydrogens (tertiary/aromatic N) is 2. The van der Waals surface area contributed by atoms with Crippen molar-refractivity contribution >= 4 is 43.2 Å². The van der Waals surface area contributed by atoms with Crippen LogP contribution in [0.25, 0.3) is 0 Å². The number of carbonyl (C=O) groups excluding carboxylic acids is 4. The van der Waals surface area contributed by atoms with Gasteiger partial charge in [-0.1, -0.05) is 49.9 Å². The summed E-state index contributed by atoms with van der Waals surface area (Å²) < 4.78 is 22.6. The average Bonchev–Trinajstić information content (AvgIpc) is 3.96. The van der Waals surface area contributed by atoms with Gasteiger partial charge < -0.3 is 63.0 Å². The van der Waals surface area contributed by atoms with Gasteiger partial charge in [-0.15, -0.1) is 0 Å². The Morgan fingerprint density at radius 2 is 1.03 bits per heavy atom. The van der Waals surface area contributed by atoms with Gasteiger partial charge in [0, 0.05) is 26.2 Å². The van der Waals surface area contributed by atoms with E-state index in [1.807, 2.05) is 48.5 Å². The number of guanidine groups is 2. The minimum atomic E-state index is -1.29. The van der Waals surface area contributed by atoms with E-state index in [1.54, 1.807) is 14.2 Å². The zero-order chi connectivity index (χ0) is 44.1. The molecule has 2 aliphatic rings. The lowest BCUT2D eigenvalue weighted by Crippen LogP contribution is -2.54. The quantitative estimate of drug-likeness (QED) is 0.0167. The van der Waals surface area contributed by atoms with Crippen molar-refractivity contribution in [2.24, 2.45) is 43.7 Å². The maximum atomic E-state index is 14.1. The zero-order valence-electron chi connectivity index (χ0n) is 35.5. The van der Waals surface area contributed by atoms with Gasteiger partial charge in [-0.2, -0.15) is 0 Å². The third-order valence-corrected chi connectivity index (χ3v) is 11.2. The minimum absolute atomic E-state index is 0.0724. The Morgan fingerprint density at radius 1 is 0.639 bits per heavy atom. The SMILES string of the molecule is COc1cccc(CCNC(=O)C2(C(=O)NC(CCCN=C(N)N)O[B]OC(CCCN=C(N)N)NC(=O)C3(C(=O)NCCc4cccc(OC)c4)CCCC3)CCCC2)c1. The first kappa shape index (κ1) is 48.1. The zero-order valence-corrected chi connectivity index (χ0v) is 35.5. The summed E-state index contributed by atoms with van der Waals surface area (Å²) in [4.78, 5) is 63.6. The molecule has 61 heavy (non-hydrogen) atoms. The molecule has 1 radical (unpaired) electrons. The highest BCUT2D eigenvalue weighted by molar-refractivity contribution is 6.18. The van der Waals surface area contributed by atoms with Crippen molar-refractivity contribution in [3.8, 4) is 11.5 Å². The van der Waals surface area contributed by atoms with Gasteiger partial charge in [0.2, 0.25) is 23.6 Å². The van der Waals surface area contributed by atoms with Gasteiger partial charge in [-0.05, 0) is 99.6 Å². The molecule has 0 heterocycles. The van der Waals surface area contributed by atoms with E-state index in [0.717, 1.165) is 30.3 Å². The molecule has 2 aliphatic carbocycles. The van der Waals surface area contributed by atoms with E-state index in [4.69, 9.17) is 41.7 Å². The first-order valence-corrected chi connectivity index (χ1v) is 21.1. The molecule has 2 unspecified atom stereocenters. The summed E-state index contributed by atoms with van der Waals surface area (Å²) >= 11 is 0. The van der Waals surface area contributed by atoms with Gasteiger partial charge in [0.25, 0.3) is 0 Å². The molecule has 0 aliphatic heterocycles. The Balaban J connectivity index is 1.41. The number of rotatable bonds is 26. The van der Waals surface area contributed by atoms with Crippen LogP contribution in [0.15, 0.2) is 58.5 Å². The van der Waals surface area contributed by atoms with Crippen LogP contribution in [0.2, 0.25) is 0 Å². The van der Waals surface area contributed by atoms with Gasteiger partial charge in [0.05, 0.1) is 14.2 Å². The summed E-state index contributed by atoms with van der Waals surface area (Å²) in [6.07, 6.45) is 4.96. The number of nitrogens with two attached hydrogens (primary N) is 4.